The van der Waals surface area contributed by atoms with Gasteiger partial charge in [0, 0.05) is 19.6 Å². The monoisotopic (exact) mass is 244 g/mol. The summed E-state index contributed by atoms with van der Waals surface area (Å²) in [4.78, 5) is 8.54. The first-order valence-electron chi connectivity index (χ1n) is 5.28. The molecule has 7 heteroatoms. The minimum absolute atomic E-state index is 0.178. The number of aromatic nitrogens is 2. The Bertz CT molecular complexity index is 428. The highest BCUT2D eigenvalue weighted by atomic mass is 32.2. The summed E-state index contributed by atoms with van der Waals surface area (Å²) in [5, 5.41) is 0.178. The Morgan fingerprint density at radius 3 is 2.81 bits per heavy atom. The number of imidazole rings is 1. The van der Waals surface area contributed by atoms with Gasteiger partial charge in [-0.1, -0.05) is 0 Å². The highest BCUT2D eigenvalue weighted by Crippen LogP contribution is 2.14. The molecule has 6 nitrogen and oxygen atoms in total. The maximum absolute atomic E-state index is 12.1. The van der Waals surface area contributed by atoms with Crippen LogP contribution in [0.3, 0.4) is 0 Å². The summed E-state index contributed by atoms with van der Waals surface area (Å²) >= 11 is 0. The summed E-state index contributed by atoms with van der Waals surface area (Å²) in [6, 6.07) is 0. The van der Waals surface area contributed by atoms with Gasteiger partial charge in [0.1, 0.15) is 0 Å². The summed E-state index contributed by atoms with van der Waals surface area (Å²) in [6.07, 6.45) is 3.60. The van der Waals surface area contributed by atoms with E-state index in [0.29, 0.717) is 13.1 Å². The second-order valence-corrected chi connectivity index (χ2v) is 5.88. The molecule has 0 aliphatic carbocycles. The largest absolute Gasteiger partial charge is 0.335 e. The first-order chi connectivity index (χ1) is 7.60. The normalized spacial score (nSPS) is 20.8. The van der Waals surface area contributed by atoms with E-state index in [2.05, 4.69) is 14.9 Å². The summed E-state index contributed by atoms with van der Waals surface area (Å²) in [5.74, 6) is 0. The van der Waals surface area contributed by atoms with E-state index in [1.54, 1.807) is 0 Å². The molecule has 0 atom stereocenters. The molecular formula is C9H16N4O2S. The summed E-state index contributed by atoms with van der Waals surface area (Å²) < 4.78 is 25.8. The molecule has 0 unspecified atom stereocenters. The average molecular weight is 244 g/mol. The van der Waals surface area contributed by atoms with Gasteiger partial charge in [0.15, 0.2) is 5.03 Å². The lowest BCUT2D eigenvalue weighted by Gasteiger charge is -2.18. The lowest BCUT2D eigenvalue weighted by Crippen LogP contribution is -2.34. The van der Waals surface area contributed by atoms with Gasteiger partial charge in [-0.3, -0.25) is 0 Å². The molecule has 2 rings (SSSR count). The Labute approximate surface area is 95.3 Å². The molecule has 0 aromatic carbocycles. The molecule has 1 fully saturated rings. The van der Waals surface area contributed by atoms with Crippen molar-refractivity contribution in [1.82, 2.24) is 19.2 Å². The van der Waals surface area contributed by atoms with E-state index >= 15 is 0 Å². The van der Waals surface area contributed by atoms with Crippen LogP contribution in [0.2, 0.25) is 0 Å². The molecule has 0 amide bonds. The quantitative estimate of drug-likeness (QED) is 0.778. The van der Waals surface area contributed by atoms with Crippen molar-refractivity contribution in [2.45, 2.75) is 11.4 Å². The third kappa shape index (κ3) is 2.26. The number of aromatic amines is 1. The molecule has 0 radical (unpaired) electrons. The Morgan fingerprint density at radius 1 is 1.31 bits per heavy atom. The fourth-order valence-electron chi connectivity index (χ4n) is 1.79. The average Bonchev–Trinajstić information content (AvgIpc) is 2.68. The number of nitrogens with one attached hydrogen (secondary N) is 1. The maximum Gasteiger partial charge on any atom is 0.260 e. The number of nitrogens with zero attached hydrogens (tertiary/aromatic N) is 3. The van der Waals surface area contributed by atoms with Crippen LogP contribution in [-0.2, 0) is 10.0 Å². The zero-order valence-electron chi connectivity index (χ0n) is 9.26. The van der Waals surface area contributed by atoms with Crippen LogP contribution in [0.1, 0.15) is 6.42 Å². The van der Waals surface area contributed by atoms with Gasteiger partial charge in [-0.05, 0) is 20.0 Å². The maximum atomic E-state index is 12.1. The number of sulfonamides is 1. The van der Waals surface area contributed by atoms with Gasteiger partial charge in [-0.2, -0.15) is 4.31 Å². The van der Waals surface area contributed by atoms with Gasteiger partial charge >= 0.3 is 0 Å². The van der Waals surface area contributed by atoms with Crippen molar-refractivity contribution < 1.29 is 8.42 Å². The van der Waals surface area contributed by atoms with E-state index in [1.165, 1.54) is 16.8 Å². The predicted octanol–water partition coefficient (Wildman–Crippen LogP) is -0.264. The summed E-state index contributed by atoms with van der Waals surface area (Å²) in [6.45, 7) is 2.83. The first-order valence-corrected chi connectivity index (χ1v) is 6.72. The molecule has 0 bridgehead atoms. The molecule has 0 saturated carbocycles. The molecule has 1 N–H and O–H groups in total. The fourth-order valence-corrected chi connectivity index (χ4v) is 3.15. The van der Waals surface area contributed by atoms with Crippen LogP contribution in [0.4, 0.5) is 0 Å². The van der Waals surface area contributed by atoms with Gasteiger partial charge in [-0.25, -0.2) is 13.4 Å². The van der Waals surface area contributed by atoms with Crippen LogP contribution in [0.25, 0.3) is 0 Å². The molecular weight excluding hydrogens is 228 g/mol. The standard InChI is InChI=1S/C9H16N4O2S/c1-12-3-2-4-13(6-5-12)16(14,15)9-7-10-8-11-9/h7-8H,2-6H2,1H3,(H,10,11). The van der Waals surface area contributed by atoms with Crippen LogP contribution < -0.4 is 0 Å². The third-order valence-electron chi connectivity index (χ3n) is 2.77. The van der Waals surface area contributed by atoms with E-state index in [0.717, 1.165) is 19.5 Å². The highest BCUT2D eigenvalue weighted by molar-refractivity contribution is 7.89. The van der Waals surface area contributed by atoms with E-state index < -0.39 is 10.0 Å². The number of hydrogen-bond acceptors (Lipinski definition) is 4. The number of H-pyrrole nitrogens is 1. The van der Waals surface area contributed by atoms with Crippen molar-refractivity contribution in [2.24, 2.45) is 0 Å². The zero-order valence-corrected chi connectivity index (χ0v) is 10.1. The smallest absolute Gasteiger partial charge is 0.260 e. The first kappa shape index (κ1) is 11.6. The molecule has 1 aliphatic heterocycles. The summed E-state index contributed by atoms with van der Waals surface area (Å²) in [5.41, 5.74) is 0. The van der Waals surface area contributed by atoms with E-state index in [-0.39, 0.29) is 5.03 Å². The van der Waals surface area contributed by atoms with Crippen molar-refractivity contribution in [2.75, 3.05) is 33.2 Å². The van der Waals surface area contributed by atoms with Gasteiger partial charge in [0.25, 0.3) is 10.0 Å². The van der Waals surface area contributed by atoms with Crippen molar-refractivity contribution in [3.05, 3.63) is 12.5 Å². The van der Waals surface area contributed by atoms with Crippen LogP contribution in [0.15, 0.2) is 17.6 Å². The van der Waals surface area contributed by atoms with Crippen molar-refractivity contribution in [3.8, 4) is 0 Å². The molecule has 1 aromatic rings. The van der Waals surface area contributed by atoms with Crippen molar-refractivity contribution >= 4 is 10.0 Å². The molecule has 16 heavy (non-hydrogen) atoms. The van der Waals surface area contributed by atoms with Crippen molar-refractivity contribution in [1.29, 1.82) is 0 Å². The van der Waals surface area contributed by atoms with Gasteiger partial charge < -0.3 is 9.88 Å². The number of hydrogen-bond donors (Lipinski definition) is 1. The van der Waals surface area contributed by atoms with Crippen LogP contribution >= 0.6 is 0 Å². The molecule has 2 heterocycles. The molecule has 1 aromatic heterocycles. The molecule has 1 saturated heterocycles. The Morgan fingerprint density at radius 2 is 2.12 bits per heavy atom. The number of rotatable bonds is 2. The van der Waals surface area contributed by atoms with Gasteiger partial charge in [0.2, 0.25) is 0 Å². The second kappa shape index (κ2) is 4.52. The minimum Gasteiger partial charge on any atom is -0.335 e. The minimum atomic E-state index is -3.38. The Hall–Kier alpha value is -0.920. The van der Waals surface area contributed by atoms with Gasteiger partial charge in [0.05, 0.1) is 12.5 Å². The number of likely N-dealkylation sites (N-methyl/N-ethyl adjacent to an activating group) is 1. The van der Waals surface area contributed by atoms with E-state index in [1.807, 2.05) is 7.05 Å². The van der Waals surface area contributed by atoms with Crippen molar-refractivity contribution in [3.63, 3.8) is 0 Å². The lowest BCUT2D eigenvalue weighted by atomic mass is 10.4. The topological polar surface area (TPSA) is 69.3 Å². The zero-order chi connectivity index (χ0) is 11.6. The lowest BCUT2D eigenvalue weighted by molar-refractivity contribution is 0.347. The van der Waals surface area contributed by atoms with Crippen LogP contribution in [0.5, 0.6) is 0 Å². The molecule has 90 valence electrons. The SMILES string of the molecule is CN1CCCN(S(=O)(=O)c2cnc[nH]2)CC1. The Balaban J connectivity index is 2.18. The molecule has 0 spiro atoms. The van der Waals surface area contributed by atoms with Crippen LogP contribution in [-0.4, -0.2) is 60.8 Å². The highest BCUT2D eigenvalue weighted by Gasteiger charge is 2.26. The molecule has 1 aliphatic rings. The third-order valence-corrected chi connectivity index (χ3v) is 4.59. The van der Waals surface area contributed by atoms with E-state index in [9.17, 15) is 8.42 Å². The van der Waals surface area contributed by atoms with Gasteiger partial charge in [-0.15, -0.1) is 0 Å². The fraction of sp³-hybridized carbons (Fsp3) is 0.667. The Kier molecular flexibility index (Phi) is 3.27. The van der Waals surface area contributed by atoms with E-state index in [4.69, 9.17) is 0 Å². The second-order valence-electron chi connectivity index (χ2n) is 3.98. The van der Waals surface area contributed by atoms with Crippen LogP contribution in [0, 0.1) is 0 Å². The summed E-state index contributed by atoms with van der Waals surface area (Å²) in [7, 11) is -1.37. The predicted molar refractivity (Wildman–Crippen MR) is 59.5 cm³/mol.